The van der Waals surface area contributed by atoms with Gasteiger partial charge in [0.05, 0.1) is 6.54 Å². The molecule has 0 radical (unpaired) electrons. The summed E-state index contributed by atoms with van der Waals surface area (Å²) >= 11 is 0. The minimum Gasteiger partial charge on any atom is -0.345 e. The van der Waals surface area contributed by atoms with Crippen LogP contribution in [0.25, 0.3) is 0 Å². The third kappa shape index (κ3) is 3.30. The van der Waals surface area contributed by atoms with Crippen molar-refractivity contribution in [1.29, 1.82) is 0 Å². The molecule has 1 aliphatic rings. The lowest BCUT2D eigenvalue weighted by atomic mass is 10.2. The van der Waals surface area contributed by atoms with E-state index in [0.29, 0.717) is 18.7 Å². The molecule has 0 saturated carbocycles. The molecule has 2 amide bonds. The van der Waals surface area contributed by atoms with Crippen molar-refractivity contribution in [3.05, 3.63) is 0 Å². The molecule has 0 aromatic heterocycles. The molecular formula is C9H16N2O3S. The highest BCUT2D eigenvalue weighted by Gasteiger charge is 2.30. The normalized spacial score (nSPS) is 23.9. The summed E-state index contributed by atoms with van der Waals surface area (Å²) in [5.74, 6) is 0.384. The van der Waals surface area contributed by atoms with Crippen LogP contribution in [0.2, 0.25) is 0 Å². The van der Waals surface area contributed by atoms with E-state index in [1.54, 1.807) is 18.1 Å². The topological polar surface area (TPSA) is 66.5 Å². The van der Waals surface area contributed by atoms with Crippen molar-refractivity contribution in [2.75, 3.05) is 25.1 Å². The average molecular weight is 232 g/mol. The fourth-order valence-corrected chi connectivity index (χ4v) is 2.06. The second-order valence-electron chi connectivity index (χ2n) is 3.61. The summed E-state index contributed by atoms with van der Waals surface area (Å²) < 4.78 is 10.8. The predicted octanol–water partition coefficient (Wildman–Crippen LogP) is -0.898. The zero-order valence-electron chi connectivity index (χ0n) is 8.99. The number of carbonyl (C=O) groups excluding carboxylic acids is 2. The molecule has 1 fully saturated rings. The first-order valence-corrected chi connectivity index (χ1v) is 6.62. The number of carbonyl (C=O) groups is 2. The van der Waals surface area contributed by atoms with E-state index in [-0.39, 0.29) is 18.4 Å². The van der Waals surface area contributed by atoms with Gasteiger partial charge in [-0.3, -0.25) is 13.8 Å². The summed E-state index contributed by atoms with van der Waals surface area (Å²) in [7, 11) is -0.840. The fraction of sp³-hybridized carbons (Fsp3) is 0.778. The lowest BCUT2D eigenvalue weighted by Gasteiger charge is -2.32. The molecule has 0 aliphatic carbocycles. The molecule has 6 heteroatoms. The van der Waals surface area contributed by atoms with Crippen LogP contribution in [0, 0.1) is 0 Å². The molecule has 15 heavy (non-hydrogen) atoms. The molecular weight excluding hydrogens is 216 g/mol. The van der Waals surface area contributed by atoms with E-state index in [1.165, 1.54) is 0 Å². The molecule has 5 nitrogen and oxygen atoms in total. The van der Waals surface area contributed by atoms with Crippen molar-refractivity contribution in [2.45, 2.75) is 19.4 Å². The van der Waals surface area contributed by atoms with E-state index < -0.39 is 16.8 Å². The molecule has 1 aliphatic heterocycles. The Labute approximate surface area is 91.7 Å². The van der Waals surface area contributed by atoms with Gasteiger partial charge in [0, 0.05) is 29.4 Å². The van der Waals surface area contributed by atoms with E-state index in [0.717, 1.165) is 0 Å². The summed E-state index contributed by atoms with van der Waals surface area (Å²) in [6.07, 6.45) is 2.31. The van der Waals surface area contributed by atoms with Crippen molar-refractivity contribution >= 4 is 22.6 Å². The highest BCUT2D eigenvalue weighted by Crippen LogP contribution is 2.06. The van der Waals surface area contributed by atoms with Crippen LogP contribution in [-0.2, 0) is 20.4 Å². The zero-order chi connectivity index (χ0) is 11.4. The summed E-state index contributed by atoms with van der Waals surface area (Å²) in [5.41, 5.74) is 0. The number of piperazine rings is 1. The van der Waals surface area contributed by atoms with Crippen LogP contribution < -0.4 is 5.32 Å². The Morgan fingerprint density at radius 3 is 2.80 bits per heavy atom. The zero-order valence-corrected chi connectivity index (χ0v) is 9.80. The summed E-state index contributed by atoms with van der Waals surface area (Å²) in [6, 6.07) is -0.406. The summed E-state index contributed by atoms with van der Waals surface area (Å²) in [5, 5.41) is 2.52. The van der Waals surface area contributed by atoms with Crippen molar-refractivity contribution in [3.8, 4) is 0 Å². The standard InChI is InChI=1S/C9H16N2O3S/c1-7-9(13)10-6-8(12)11(7)4-3-5-15(2)14/h7H,3-6H2,1-2H3,(H,10,13). The number of hydrogen-bond donors (Lipinski definition) is 1. The van der Waals surface area contributed by atoms with Crippen LogP contribution in [0.15, 0.2) is 0 Å². The van der Waals surface area contributed by atoms with Gasteiger partial charge in [-0.1, -0.05) is 0 Å². The summed E-state index contributed by atoms with van der Waals surface area (Å²) in [6.45, 7) is 2.29. The first kappa shape index (κ1) is 12.2. The van der Waals surface area contributed by atoms with Gasteiger partial charge in [-0.25, -0.2) is 0 Å². The third-order valence-electron chi connectivity index (χ3n) is 2.41. The second-order valence-corrected chi connectivity index (χ2v) is 5.17. The van der Waals surface area contributed by atoms with E-state index in [9.17, 15) is 13.8 Å². The van der Waals surface area contributed by atoms with E-state index in [4.69, 9.17) is 0 Å². The smallest absolute Gasteiger partial charge is 0.242 e. The molecule has 2 unspecified atom stereocenters. The molecule has 1 saturated heterocycles. The van der Waals surface area contributed by atoms with Gasteiger partial charge in [0.1, 0.15) is 6.04 Å². The monoisotopic (exact) mass is 232 g/mol. The van der Waals surface area contributed by atoms with Crippen LogP contribution in [0.5, 0.6) is 0 Å². The van der Waals surface area contributed by atoms with Crippen molar-refractivity contribution in [2.24, 2.45) is 0 Å². The quantitative estimate of drug-likeness (QED) is 0.683. The lowest BCUT2D eigenvalue weighted by molar-refractivity contribution is -0.144. The van der Waals surface area contributed by atoms with Gasteiger partial charge in [-0.15, -0.1) is 0 Å². The van der Waals surface area contributed by atoms with E-state index >= 15 is 0 Å². The SMILES string of the molecule is CC1C(=O)NCC(=O)N1CCCS(C)=O. The number of hydrogen-bond acceptors (Lipinski definition) is 3. The first-order valence-electron chi connectivity index (χ1n) is 4.89. The highest BCUT2D eigenvalue weighted by molar-refractivity contribution is 7.84. The Balaban J connectivity index is 2.46. The minimum absolute atomic E-state index is 0.0658. The third-order valence-corrected chi connectivity index (χ3v) is 3.28. The van der Waals surface area contributed by atoms with Crippen LogP contribution >= 0.6 is 0 Å². The predicted molar refractivity (Wildman–Crippen MR) is 57.7 cm³/mol. The first-order chi connectivity index (χ1) is 7.02. The maximum atomic E-state index is 11.5. The Hall–Kier alpha value is -0.910. The Bertz CT molecular complexity index is 293. The van der Waals surface area contributed by atoms with Crippen LogP contribution in [0.3, 0.4) is 0 Å². The van der Waals surface area contributed by atoms with Gasteiger partial charge in [0.2, 0.25) is 11.8 Å². The maximum absolute atomic E-state index is 11.5. The number of nitrogens with one attached hydrogen (secondary N) is 1. The van der Waals surface area contributed by atoms with Crippen LogP contribution in [0.1, 0.15) is 13.3 Å². The van der Waals surface area contributed by atoms with Crippen LogP contribution in [0.4, 0.5) is 0 Å². The average Bonchev–Trinajstić information content (AvgIpc) is 2.17. The van der Waals surface area contributed by atoms with Gasteiger partial charge in [-0.2, -0.15) is 0 Å². The Kier molecular flexibility index (Phi) is 4.26. The molecule has 0 aromatic rings. The molecule has 1 heterocycles. The maximum Gasteiger partial charge on any atom is 0.242 e. The molecule has 1 rings (SSSR count). The fourth-order valence-electron chi connectivity index (χ4n) is 1.53. The van der Waals surface area contributed by atoms with Crippen molar-refractivity contribution in [3.63, 3.8) is 0 Å². The van der Waals surface area contributed by atoms with Gasteiger partial charge >= 0.3 is 0 Å². The van der Waals surface area contributed by atoms with Crippen molar-refractivity contribution < 1.29 is 13.8 Å². The second kappa shape index (κ2) is 5.25. The largest absolute Gasteiger partial charge is 0.345 e. The molecule has 2 atom stereocenters. The van der Waals surface area contributed by atoms with Crippen molar-refractivity contribution in [1.82, 2.24) is 10.2 Å². The number of rotatable bonds is 4. The number of nitrogens with zero attached hydrogens (tertiary/aromatic N) is 1. The summed E-state index contributed by atoms with van der Waals surface area (Å²) in [4.78, 5) is 24.3. The molecule has 0 aromatic carbocycles. The van der Waals surface area contributed by atoms with E-state index in [1.807, 2.05) is 0 Å². The number of amides is 2. The Morgan fingerprint density at radius 1 is 1.53 bits per heavy atom. The molecule has 1 N–H and O–H groups in total. The van der Waals surface area contributed by atoms with Crippen LogP contribution in [-0.4, -0.2) is 52.1 Å². The lowest BCUT2D eigenvalue weighted by Crippen LogP contribution is -2.57. The van der Waals surface area contributed by atoms with E-state index in [2.05, 4.69) is 5.32 Å². The Morgan fingerprint density at radius 2 is 2.20 bits per heavy atom. The van der Waals surface area contributed by atoms with Gasteiger partial charge < -0.3 is 10.2 Å². The molecule has 86 valence electrons. The minimum atomic E-state index is -0.840. The van der Waals surface area contributed by atoms with Gasteiger partial charge in [0.15, 0.2) is 0 Å². The van der Waals surface area contributed by atoms with Gasteiger partial charge in [0.25, 0.3) is 0 Å². The van der Waals surface area contributed by atoms with Gasteiger partial charge in [-0.05, 0) is 13.3 Å². The molecule has 0 bridgehead atoms. The molecule has 0 spiro atoms. The highest BCUT2D eigenvalue weighted by atomic mass is 32.2.